The van der Waals surface area contributed by atoms with Crippen LogP contribution in [0.15, 0.2) is 48.5 Å². The van der Waals surface area contributed by atoms with Gasteiger partial charge in [-0.2, -0.15) is 0 Å². The number of amides is 2. The summed E-state index contributed by atoms with van der Waals surface area (Å²) in [5.41, 5.74) is 4.59. The lowest BCUT2D eigenvalue weighted by molar-refractivity contribution is 0.196. The molecule has 0 heterocycles. The number of anilines is 1. The molecule has 3 fully saturated rings. The highest BCUT2D eigenvalue weighted by Crippen LogP contribution is 2.37. The highest BCUT2D eigenvalue weighted by atomic mass is 16.2. The van der Waals surface area contributed by atoms with Gasteiger partial charge >= 0.3 is 6.03 Å². The zero-order valence-electron chi connectivity index (χ0n) is 29.7. The summed E-state index contributed by atoms with van der Waals surface area (Å²) in [5, 5.41) is 5.26. The summed E-state index contributed by atoms with van der Waals surface area (Å²) < 4.78 is 0. The van der Waals surface area contributed by atoms with Crippen LogP contribution in [0.5, 0.6) is 0 Å². The highest BCUT2D eigenvalue weighted by molar-refractivity contribution is 5.88. The first kappa shape index (κ1) is 40.7. The molecule has 0 bridgehead atoms. The monoisotopic (exact) mass is 595 g/mol. The van der Waals surface area contributed by atoms with Gasteiger partial charge in [-0.3, -0.25) is 0 Å². The van der Waals surface area contributed by atoms with Gasteiger partial charge in [-0.05, 0) is 48.4 Å². The van der Waals surface area contributed by atoms with E-state index in [1.54, 1.807) is 32.7 Å². The van der Waals surface area contributed by atoms with Crippen LogP contribution >= 0.6 is 0 Å². The van der Waals surface area contributed by atoms with Gasteiger partial charge in [-0.25, -0.2) is 4.79 Å². The van der Waals surface area contributed by atoms with Crippen molar-refractivity contribution in [2.45, 2.75) is 158 Å². The molecule has 246 valence electrons. The van der Waals surface area contributed by atoms with Crippen molar-refractivity contribution in [2.75, 3.05) is 12.4 Å². The molecule has 5 rings (SSSR count). The van der Waals surface area contributed by atoms with E-state index in [1.165, 1.54) is 93.7 Å². The quantitative estimate of drug-likeness (QED) is 0.363. The van der Waals surface area contributed by atoms with Crippen molar-refractivity contribution in [2.24, 2.45) is 11.8 Å². The second kappa shape index (κ2) is 28.5. The first-order chi connectivity index (χ1) is 21.1. The molecule has 0 unspecified atom stereocenters. The molecular formula is C40H70N2O. The Labute approximate surface area is 268 Å². The van der Waals surface area contributed by atoms with Crippen molar-refractivity contribution in [3.05, 3.63) is 65.2 Å². The highest BCUT2D eigenvalue weighted by Gasteiger charge is 2.24. The SMILES string of the molecule is C1CCC(C2CCCCC2)CC1.C1CCCCC1.CC.CC.CC.CNC(=O)Nc1ccc(Cc2ccc(C)cc2)cc1. The van der Waals surface area contributed by atoms with Crippen molar-refractivity contribution >= 4 is 11.7 Å². The maximum Gasteiger partial charge on any atom is 0.318 e. The number of benzene rings is 2. The van der Waals surface area contributed by atoms with Crippen LogP contribution in [-0.2, 0) is 6.42 Å². The normalized spacial score (nSPS) is 16.3. The van der Waals surface area contributed by atoms with E-state index in [1.807, 2.05) is 65.8 Å². The number of hydrogen-bond donors (Lipinski definition) is 2. The Kier molecular flexibility index (Phi) is 27.0. The summed E-state index contributed by atoms with van der Waals surface area (Å²) in [6, 6.07) is 16.2. The second-order valence-corrected chi connectivity index (χ2v) is 11.5. The Balaban J connectivity index is 0.000000625. The average molecular weight is 595 g/mol. The molecule has 3 heteroatoms. The molecule has 0 saturated heterocycles. The number of nitrogens with one attached hydrogen (secondary N) is 2. The van der Waals surface area contributed by atoms with Crippen LogP contribution in [0.3, 0.4) is 0 Å². The molecule has 3 aliphatic rings. The number of urea groups is 1. The van der Waals surface area contributed by atoms with Gasteiger partial charge in [0.2, 0.25) is 0 Å². The zero-order valence-corrected chi connectivity index (χ0v) is 29.7. The maximum absolute atomic E-state index is 11.2. The van der Waals surface area contributed by atoms with Crippen molar-refractivity contribution in [3.63, 3.8) is 0 Å². The van der Waals surface area contributed by atoms with Gasteiger partial charge < -0.3 is 10.6 Å². The minimum Gasteiger partial charge on any atom is -0.341 e. The summed E-state index contributed by atoms with van der Waals surface area (Å²) in [6.07, 6.45) is 25.3. The van der Waals surface area contributed by atoms with Crippen LogP contribution in [-0.4, -0.2) is 13.1 Å². The fraction of sp³-hybridized carbons (Fsp3) is 0.675. The van der Waals surface area contributed by atoms with Gasteiger partial charge in [0.15, 0.2) is 0 Å². The van der Waals surface area contributed by atoms with Gasteiger partial charge in [0.25, 0.3) is 0 Å². The molecule has 2 aromatic rings. The number of carbonyl (C=O) groups excluding carboxylic acids is 1. The van der Waals surface area contributed by atoms with Gasteiger partial charge in [-0.15, -0.1) is 0 Å². The van der Waals surface area contributed by atoms with Gasteiger partial charge in [0.1, 0.15) is 0 Å². The maximum atomic E-state index is 11.2. The Bertz CT molecular complexity index is 831. The van der Waals surface area contributed by atoms with E-state index >= 15 is 0 Å². The van der Waals surface area contributed by atoms with Crippen LogP contribution in [0.25, 0.3) is 0 Å². The number of hydrogen-bond acceptors (Lipinski definition) is 1. The third kappa shape index (κ3) is 19.6. The predicted octanol–water partition coefficient (Wildman–Crippen LogP) is 12.9. The van der Waals surface area contributed by atoms with Crippen molar-refractivity contribution in [1.82, 2.24) is 5.32 Å². The fourth-order valence-corrected chi connectivity index (χ4v) is 6.11. The molecule has 2 amide bonds. The zero-order chi connectivity index (χ0) is 32.1. The smallest absolute Gasteiger partial charge is 0.318 e. The Morgan fingerprint density at radius 1 is 0.558 bits per heavy atom. The predicted molar refractivity (Wildman–Crippen MR) is 193 cm³/mol. The van der Waals surface area contributed by atoms with Crippen LogP contribution in [0.2, 0.25) is 0 Å². The lowest BCUT2D eigenvalue weighted by Gasteiger charge is -2.32. The third-order valence-corrected chi connectivity index (χ3v) is 8.43. The number of rotatable bonds is 4. The van der Waals surface area contributed by atoms with Gasteiger partial charge in [0, 0.05) is 12.7 Å². The molecule has 0 radical (unpaired) electrons. The molecule has 0 aliphatic heterocycles. The van der Waals surface area contributed by atoms with Crippen LogP contribution < -0.4 is 10.6 Å². The van der Waals surface area contributed by atoms with Crippen molar-refractivity contribution < 1.29 is 4.79 Å². The topological polar surface area (TPSA) is 41.1 Å². The molecule has 43 heavy (non-hydrogen) atoms. The molecule has 3 nitrogen and oxygen atoms in total. The third-order valence-electron chi connectivity index (χ3n) is 8.43. The van der Waals surface area contributed by atoms with E-state index in [9.17, 15) is 4.79 Å². The minimum absolute atomic E-state index is 0.203. The van der Waals surface area contributed by atoms with E-state index in [0.717, 1.165) is 23.9 Å². The molecule has 2 aromatic carbocycles. The Hall–Kier alpha value is -2.29. The minimum atomic E-state index is -0.203. The number of carbonyl (C=O) groups is 1. The van der Waals surface area contributed by atoms with Crippen molar-refractivity contribution in [3.8, 4) is 0 Å². The van der Waals surface area contributed by atoms with E-state index in [0.29, 0.717) is 0 Å². The lowest BCUT2D eigenvalue weighted by Crippen LogP contribution is -2.24. The van der Waals surface area contributed by atoms with E-state index in [4.69, 9.17) is 0 Å². The number of aryl methyl sites for hydroxylation is 1. The molecule has 3 aliphatic carbocycles. The van der Waals surface area contributed by atoms with Gasteiger partial charge in [0.05, 0.1) is 0 Å². The summed E-state index contributed by atoms with van der Waals surface area (Å²) in [4.78, 5) is 11.2. The first-order valence-corrected chi connectivity index (χ1v) is 18.3. The van der Waals surface area contributed by atoms with Crippen LogP contribution in [0, 0.1) is 18.8 Å². The lowest BCUT2D eigenvalue weighted by atomic mass is 9.73. The Morgan fingerprint density at radius 3 is 1.23 bits per heavy atom. The van der Waals surface area contributed by atoms with E-state index in [-0.39, 0.29) is 6.03 Å². The molecule has 2 N–H and O–H groups in total. The second-order valence-electron chi connectivity index (χ2n) is 11.5. The van der Waals surface area contributed by atoms with Gasteiger partial charge in [-0.1, -0.05) is 186 Å². The molecule has 3 saturated carbocycles. The first-order valence-electron chi connectivity index (χ1n) is 18.3. The van der Waals surface area contributed by atoms with Crippen molar-refractivity contribution in [1.29, 1.82) is 0 Å². The molecular weight excluding hydrogens is 524 g/mol. The van der Waals surface area contributed by atoms with Crippen LogP contribution in [0.4, 0.5) is 10.5 Å². The Morgan fingerprint density at radius 2 is 0.884 bits per heavy atom. The van der Waals surface area contributed by atoms with E-state index < -0.39 is 0 Å². The molecule has 0 aromatic heterocycles. The van der Waals surface area contributed by atoms with Crippen LogP contribution in [0.1, 0.15) is 161 Å². The fourth-order valence-electron chi connectivity index (χ4n) is 6.11. The molecule has 0 spiro atoms. The summed E-state index contributed by atoms with van der Waals surface area (Å²) in [5.74, 6) is 2.28. The largest absolute Gasteiger partial charge is 0.341 e. The summed E-state index contributed by atoms with van der Waals surface area (Å²) in [6.45, 7) is 14.1. The average Bonchev–Trinajstić information content (AvgIpc) is 3.11. The standard InChI is InChI=1S/C16H18N2O.C12H22.C6H12.3C2H6/c1-12-3-5-13(6-4-12)11-14-7-9-15(10-8-14)18-16(19)17-2;1-3-7-11(8-4-1)12-9-5-2-6-10-12;1-2-4-6-5-3-1;3*1-2/h3-10H,11H2,1-2H3,(H2,17,18,19);11-12H,1-10H2;1-6H2;3*1-2H3. The summed E-state index contributed by atoms with van der Waals surface area (Å²) in [7, 11) is 1.60. The van der Waals surface area contributed by atoms with E-state index in [2.05, 4.69) is 41.8 Å². The molecule has 0 atom stereocenters. The summed E-state index contributed by atoms with van der Waals surface area (Å²) >= 11 is 0.